The normalized spacial score (nSPS) is 13.1. The van der Waals surface area contributed by atoms with Crippen LogP contribution in [0.5, 0.6) is 0 Å². The van der Waals surface area contributed by atoms with E-state index < -0.39 is 12.4 Å². The van der Waals surface area contributed by atoms with Crippen LogP contribution in [0.2, 0.25) is 0 Å². The summed E-state index contributed by atoms with van der Waals surface area (Å²) in [6.07, 6.45) is -2.55. The Labute approximate surface area is 98.7 Å². The number of rotatable bonds is 5. The molecule has 1 aromatic rings. The summed E-state index contributed by atoms with van der Waals surface area (Å²) in [4.78, 5) is 12.5. The van der Waals surface area contributed by atoms with Crippen molar-refractivity contribution in [1.82, 2.24) is 4.90 Å². The molecule has 1 atom stereocenters. The molecule has 0 aliphatic rings. The molecule has 1 N–H and O–H groups in total. The average molecular weight is 243 g/mol. The third-order valence-corrected chi connectivity index (χ3v) is 2.56. The predicted molar refractivity (Wildman–Crippen MR) is 60.1 cm³/mol. The van der Waals surface area contributed by atoms with Crippen LogP contribution in [-0.2, 0) is 4.79 Å². The molecule has 0 aromatic heterocycles. The Kier molecular flexibility index (Phi) is 4.57. The molecule has 0 fully saturated rings. The summed E-state index contributed by atoms with van der Waals surface area (Å²) >= 11 is 0. The van der Waals surface area contributed by atoms with Crippen molar-refractivity contribution < 1.29 is 18.7 Å². The molecular weight excluding hydrogens is 228 g/mol. The number of aliphatic carboxylic acids is 1. The lowest BCUT2D eigenvalue weighted by atomic mass is 10.0. The molecule has 94 valence electrons. The van der Waals surface area contributed by atoms with Crippen molar-refractivity contribution in [2.24, 2.45) is 0 Å². The minimum Gasteiger partial charge on any atom is -0.481 e. The molecule has 0 bridgehead atoms. The summed E-state index contributed by atoms with van der Waals surface area (Å²) in [5.74, 6) is -0.915. The summed E-state index contributed by atoms with van der Waals surface area (Å²) in [6, 6.07) is 5.46. The molecule has 17 heavy (non-hydrogen) atoms. The second kappa shape index (κ2) is 5.72. The van der Waals surface area contributed by atoms with Gasteiger partial charge in [0.1, 0.15) is 0 Å². The maximum absolute atomic E-state index is 12.4. The highest BCUT2D eigenvalue weighted by Crippen LogP contribution is 2.25. The van der Waals surface area contributed by atoms with Crippen molar-refractivity contribution in [3.8, 4) is 0 Å². The first kappa shape index (κ1) is 13.6. The van der Waals surface area contributed by atoms with E-state index in [1.54, 1.807) is 31.1 Å². The number of carboxylic acids is 1. The fraction of sp³-hybridized carbons (Fsp3) is 0.417. The summed E-state index contributed by atoms with van der Waals surface area (Å²) < 4.78 is 24.7. The SMILES string of the molecule is CN(C)C(CC(=O)O)c1ccc(C(F)F)cc1. The first-order valence-corrected chi connectivity index (χ1v) is 5.18. The fourth-order valence-electron chi connectivity index (χ4n) is 1.63. The molecule has 0 saturated carbocycles. The number of benzene rings is 1. The zero-order valence-electron chi connectivity index (χ0n) is 9.73. The van der Waals surface area contributed by atoms with Crippen LogP contribution in [0, 0.1) is 0 Å². The van der Waals surface area contributed by atoms with Crippen LogP contribution in [-0.4, -0.2) is 30.1 Å². The van der Waals surface area contributed by atoms with E-state index in [2.05, 4.69) is 0 Å². The Hall–Kier alpha value is -1.49. The molecule has 3 nitrogen and oxygen atoms in total. The third kappa shape index (κ3) is 3.78. The van der Waals surface area contributed by atoms with Gasteiger partial charge >= 0.3 is 5.97 Å². The van der Waals surface area contributed by atoms with Gasteiger partial charge in [0.25, 0.3) is 6.43 Å². The number of alkyl halides is 2. The minimum absolute atomic E-state index is 0.0541. The van der Waals surface area contributed by atoms with E-state index in [0.717, 1.165) is 5.56 Å². The smallest absolute Gasteiger partial charge is 0.305 e. The van der Waals surface area contributed by atoms with Crippen LogP contribution < -0.4 is 0 Å². The van der Waals surface area contributed by atoms with E-state index in [4.69, 9.17) is 5.11 Å². The van der Waals surface area contributed by atoms with Crippen molar-refractivity contribution >= 4 is 5.97 Å². The molecule has 1 rings (SSSR count). The van der Waals surface area contributed by atoms with Gasteiger partial charge in [-0.1, -0.05) is 24.3 Å². The maximum Gasteiger partial charge on any atom is 0.305 e. The molecule has 0 saturated heterocycles. The standard InChI is InChI=1S/C12H15F2NO2/c1-15(2)10(7-11(16)17)8-3-5-9(6-4-8)12(13)14/h3-6,10,12H,7H2,1-2H3,(H,16,17). The lowest BCUT2D eigenvalue weighted by Crippen LogP contribution is -2.22. The summed E-state index contributed by atoms with van der Waals surface area (Å²) in [5, 5.41) is 8.79. The van der Waals surface area contributed by atoms with E-state index in [0.29, 0.717) is 0 Å². The van der Waals surface area contributed by atoms with Crippen LogP contribution in [0.15, 0.2) is 24.3 Å². The summed E-state index contributed by atoms with van der Waals surface area (Å²) in [5.41, 5.74) is 0.670. The number of halogens is 2. The minimum atomic E-state index is -2.50. The third-order valence-electron chi connectivity index (χ3n) is 2.56. The molecule has 0 aliphatic carbocycles. The van der Waals surface area contributed by atoms with E-state index >= 15 is 0 Å². The van der Waals surface area contributed by atoms with Crippen LogP contribution in [0.3, 0.4) is 0 Å². The molecule has 1 aromatic carbocycles. The Morgan fingerprint density at radius 3 is 2.06 bits per heavy atom. The van der Waals surface area contributed by atoms with Gasteiger partial charge in [0.2, 0.25) is 0 Å². The van der Waals surface area contributed by atoms with Crippen molar-refractivity contribution in [1.29, 1.82) is 0 Å². The molecule has 0 heterocycles. The highest BCUT2D eigenvalue weighted by Gasteiger charge is 2.18. The topological polar surface area (TPSA) is 40.5 Å². The Morgan fingerprint density at radius 2 is 1.71 bits per heavy atom. The van der Waals surface area contributed by atoms with E-state index in [-0.39, 0.29) is 18.0 Å². The van der Waals surface area contributed by atoms with Gasteiger partial charge in [-0.3, -0.25) is 4.79 Å². The van der Waals surface area contributed by atoms with Gasteiger partial charge < -0.3 is 10.0 Å². The van der Waals surface area contributed by atoms with E-state index in [1.807, 2.05) is 0 Å². The zero-order valence-corrected chi connectivity index (χ0v) is 9.73. The number of carboxylic acid groups (broad SMARTS) is 1. The average Bonchev–Trinajstić information content (AvgIpc) is 2.25. The van der Waals surface area contributed by atoms with Crippen molar-refractivity contribution in [2.75, 3.05) is 14.1 Å². The molecule has 0 aliphatic heterocycles. The van der Waals surface area contributed by atoms with Gasteiger partial charge in [0, 0.05) is 11.6 Å². The van der Waals surface area contributed by atoms with E-state index in [9.17, 15) is 13.6 Å². The quantitative estimate of drug-likeness (QED) is 0.864. The summed E-state index contributed by atoms with van der Waals surface area (Å²) in [6.45, 7) is 0. The molecule has 1 unspecified atom stereocenters. The molecule has 0 spiro atoms. The van der Waals surface area contributed by atoms with Gasteiger partial charge in [-0.15, -0.1) is 0 Å². The Morgan fingerprint density at radius 1 is 1.24 bits per heavy atom. The van der Waals surface area contributed by atoms with Crippen molar-refractivity contribution in [2.45, 2.75) is 18.9 Å². The predicted octanol–water partition coefficient (Wildman–Crippen LogP) is 2.70. The van der Waals surface area contributed by atoms with Gasteiger partial charge in [-0.25, -0.2) is 8.78 Å². The van der Waals surface area contributed by atoms with Crippen LogP contribution in [0.1, 0.15) is 30.0 Å². The molecule has 0 amide bonds. The second-order valence-corrected chi connectivity index (χ2v) is 4.04. The monoisotopic (exact) mass is 243 g/mol. The van der Waals surface area contributed by atoms with Gasteiger partial charge in [-0.05, 0) is 19.7 Å². The van der Waals surface area contributed by atoms with Gasteiger partial charge in [-0.2, -0.15) is 0 Å². The Bertz CT molecular complexity index is 377. The number of nitrogens with zero attached hydrogens (tertiary/aromatic N) is 1. The first-order valence-electron chi connectivity index (χ1n) is 5.18. The number of hydrogen-bond acceptors (Lipinski definition) is 2. The zero-order chi connectivity index (χ0) is 13.0. The van der Waals surface area contributed by atoms with Crippen LogP contribution in [0.4, 0.5) is 8.78 Å². The van der Waals surface area contributed by atoms with Crippen molar-refractivity contribution in [3.05, 3.63) is 35.4 Å². The van der Waals surface area contributed by atoms with Crippen LogP contribution >= 0.6 is 0 Å². The number of hydrogen-bond donors (Lipinski definition) is 1. The van der Waals surface area contributed by atoms with Crippen LogP contribution in [0.25, 0.3) is 0 Å². The largest absolute Gasteiger partial charge is 0.481 e. The molecule has 0 radical (unpaired) electrons. The lowest BCUT2D eigenvalue weighted by Gasteiger charge is -2.23. The maximum atomic E-state index is 12.4. The lowest BCUT2D eigenvalue weighted by molar-refractivity contribution is -0.138. The molecule has 5 heteroatoms. The highest BCUT2D eigenvalue weighted by molar-refractivity contribution is 5.67. The fourth-order valence-corrected chi connectivity index (χ4v) is 1.63. The first-order chi connectivity index (χ1) is 7.91. The second-order valence-electron chi connectivity index (χ2n) is 4.04. The van der Waals surface area contributed by atoms with E-state index in [1.165, 1.54) is 12.1 Å². The Balaban J connectivity index is 2.91. The van der Waals surface area contributed by atoms with Crippen molar-refractivity contribution in [3.63, 3.8) is 0 Å². The molecular formula is C12H15F2NO2. The van der Waals surface area contributed by atoms with Gasteiger partial charge in [0.15, 0.2) is 0 Å². The summed E-state index contributed by atoms with van der Waals surface area (Å²) in [7, 11) is 3.52. The van der Waals surface area contributed by atoms with Gasteiger partial charge in [0.05, 0.1) is 6.42 Å². The highest BCUT2D eigenvalue weighted by atomic mass is 19.3. The number of carbonyl (C=O) groups is 1.